The van der Waals surface area contributed by atoms with Crippen molar-refractivity contribution in [3.63, 3.8) is 0 Å². The second-order valence-electron chi connectivity index (χ2n) is 7.95. The van der Waals surface area contributed by atoms with Crippen molar-refractivity contribution in [2.75, 3.05) is 20.3 Å². The Bertz CT molecular complexity index is 655. The van der Waals surface area contributed by atoms with Crippen LogP contribution in [0.25, 0.3) is 0 Å². The van der Waals surface area contributed by atoms with Crippen LogP contribution in [0.2, 0.25) is 0 Å². The standard InChI is InChI=1S/C21H30N2O4/c1-21(26)12-13-23(17(24)14-27-2)18(15-8-4-3-5-9-15)19(21)22-20(25)16-10-6-7-11-16/h3-5,8-9,16,18-19,26H,6-7,10-14H2,1-2H3,(H,22,25)/t18-,19-,21+/m0/s1. The predicted molar refractivity (Wildman–Crippen MR) is 102 cm³/mol. The minimum absolute atomic E-state index is 0.00211. The molecular formula is C21H30N2O4. The number of ether oxygens (including phenoxy) is 1. The zero-order valence-corrected chi connectivity index (χ0v) is 16.2. The highest BCUT2D eigenvalue weighted by Gasteiger charge is 2.48. The number of aliphatic hydroxyl groups is 1. The predicted octanol–water partition coefficient (Wildman–Crippen LogP) is 2.03. The van der Waals surface area contributed by atoms with E-state index in [1.54, 1.807) is 11.8 Å². The van der Waals surface area contributed by atoms with E-state index < -0.39 is 17.7 Å². The van der Waals surface area contributed by atoms with Gasteiger partial charge in [-0.25, -0.2) is 0 Å². The molecule has 1 aliphatic carbocycles. The smallest absolute Gasteiger partial charge is 0.249 e. The van der Waals surface area contributed by atoms with Crippen molar-refractivity contribution in [2.45, 2.75) is 56.7 Å². The molecule has 6 heteroatoms. The van der Waals surface area contributed by atoms with Crippen molar-refractivity contribution in [3.8, 4) is 0 Å². The second-order valence-corrected chi connectivity index (χ2v) is 7.95. The summed E-state index contributed by atoms with van der Waals surface area (Å²) >= 11 is 0. The Labute approximate surface area is 160 Å². The molecular weight excluding hydrogens is 344 g/mol. The summed E-state index contributed by atoms with van der Waals surface area (Å²) in [6, 6.07) is 8.62. The summed E-state index contributed by atoms with van der Waals surface area (Å²) in [4.78, 5) is 27.2. The van der Waals surface area contributed by atoms with Crippen molar-refractivity contribution in [1.29, 1.82) is 0 Å². The fraction of sp³-hybridized carbons (Fsp3) is 0.619. The zero-order chi connectivity index (χ0) is 19.4. The summed E-state index contributed by atoms with van der Waals surface area (Å²) in [7, 11) is 1.49. The number of carbonyl (C=O) groups excluding carboxylic acids is 2. The molecule has 1 aromatic carbocycles. The first-order valence-electron chi connectivity index (χ1n) is 9.80. The third-order valence-electron chi connectivity index (χ3n) is 5.93. The van der Waals surface area contributed by atoms with E-state index in [1.165, 1.54) is 7.11 Å². The summed E-state index contributed by atoms with van der Waals surface area (Å²) in [6.45, 7) is 2.15. The minimum Gasteiger partial charge on any atom is -0.388 e. The lowest BCUT2D eigenvalue weighted by Crippen LogP contribution is -2.64. The van der Waals surface area contributed by atoms with Crippen LogP contribution in [0.3, 0.4) is 0 Å². The molecule has 1 aromatic rings. The monoisotopic (exact) mass is 374 g/mol. The molecule has 1 saturated heterocycles. The first-order valence-corrected chi connectivity index (χ1v) is 9.80. The Hall–Kier alpha value is -1.92. The minimum atomic E-state index is -1.10. The largest absolute Gasteiger partial charge is 0.388 e. The lowest BCUT2D eigenvalue weighted by atomic mass is 9.79. The quantitative estimate of drug-likeness (QED) is 0.827. The van der Waals surface area contributed by atoms with E-state index in [0.717, 1.165) is 31.2 Å². The Morgan fingerprint density at radius 1 is 1.26 bits per heavy atom. The zero-order valence-electron chi connectivity index (χ0n) is 16.2. The SMILES string of the molecule is COCC(=O)N1CC[C@@](C)(O)[C@@H](NC(=O)C2CCCC2)[C@@H]1c1ccccc1. The van der Waals surface area contributed by atoms with Crippen LogP contribution in [0.4, 0.5) is 0 Å². The summed E-state index contributed by atoms with van der Waals surface area (Å²) < 4.78 is 5.05. The second kappa shape index (κ2) is 8.40. The van der Waals surface area contributed by atoms with Gasteiger partial charge in [0.15, 0.2) is 0 Å². The normalized spacial score (nSPS) is 28.9. The van der Waals surface area contributed by atoms with Crippen LogP contribution < -0.4 is 5.32 Å². The number of hydrogen-bond donors (Lipinski definition) is 2. The van der Waals surface area contributed by atoms with Gasteiger partial charge in [-0.05, 0) is 31.7 Å². The van der Waals surface area contributed by atoms with Gasteiger partial charge in [-0.2, -0.15) is 0 Å². The number of benzene rings is 1. The average molecular weight is 374 g/mol. The molecule has 1 heterocycles. The van der Waals surface area contributed by atoms with Gasteiger partial charge in [0, 0.05) is 19.6 Å². The van der Waals surface area contributed by atoms with Crippen molar-refractivity contribution in [1.82, 2.24) is 10.2 Å². The number of piperidine rings is 1. The van der Waals surface area contributed by atoms with Gasteiger partial charge in [-0.15, -0.1) is 0 Å². The Balaban J connectivity index is 1.93. The van der Waals surface area contributed by atoms with Crippen LogP contribution in [0, 0.1) is 5.92 Å². The molecule has 0 bridgehead atoms. The lowest BCUT2D eigenvalue weighted by molar-refractivity contribution is -0.150. The van der Waals surface area contributed by atoms with E-state index in [4.69, 9.17) is 4.74 Å². The van der Waals surface area contributed by atoms with Gasteiger partial charge in [0.05, 0.1) is 17.7 Å². The third-order valence-corrected chi connectivity index (χ3v) is 5.93. The molecule has 3 rings (SSSR count). The van der Waals surface area contributed by atoms with Crippen molar-refractivity contribution >= 4 is 11.8 Å². The number of likely N-dealkylation sites (tertiary alicyclic amines) is 1. The number of nitrogens with one attached hydrogen (secondary N) is 1. The maximum absolute atomic E-state index is 12.8. The molecule has 1 aliphatic heterocycles. The van der Waals surface area contributed by atoms with E-state index in [2.05, 4.69) is 5.32 Å². The van der Waals surface area contributed by atoms with E-state index in [-0.39, 0.29) is 24.3 Å². The molecule has 0 aromatic heterocycles. The number of methoxy groups -OCH3 is 1. The Morgan fingerprint density at radius 3 is 2.56 bits per heavy atom. The van der Waals surface area contributed by atoms with Gasteiger partial charge in [0.2, 0.25) is 11.8 Å². The van der Waals surface area contributed by atoms with Gasteiger partial charge >= 0.3 is 0 Å². The van der Waals surface area contributed by atoms with Gasteiger partial charge in [-0.3, -0.25) is 9.59 Å². The molecule has 2 aliphatic rings. The fourth-order valence-electron chi connectivity index (χ4n) is 4.36. The van der Waals surface area contributed by atoms with Gasteiger partial charge in [0.1, 0.15) is 6.61 Å². The fourth-order valence-corrected chi connectivity index (χ4v) is 4.36. The van der Waals surface area contributed by atoms with Crippen LogP contribution in [-0.2, 0) is 14.3 Å². The summed E-state index contributed by atoms with van der Waals surface area (Å²) in [5, 5.41) is 14.2. The molecule has 0 spiro atoms. The van der Waals surface area contributed by atoms with E-state index >= 15 is 0 Å². The van der Waals surface area contributed by atoms with Crippen molar-refractivity contribution in [3.05, 3.63) is 35.9 Å². The van der Waals surface area contributed by atoms with Gasteiger partial charge in [-0.1, -0.05) is 43.2 Å². The maximum Gasteiger partial charge on any atom is 0.249 e. The van der Waals surface area contributed by atoms with Crippen LogP contribution in [0.15, 0.2) is 30.3 Å². The number of nitrogens with zero attached hydrogens (tertiary/aromatic N) is 1. The molecule has 148 valence electrons. The first kappa shape index (κ1) is 19.8. The highest BCUT2D eigenvalue weighted by molar-refractivity contribution is 5.81. The molecule has 6 nitrogen and oxygen atoms in total. The highest BCUT2D eigenvalue weighted by atomic mass is 16.5. The first-order chi connectivity index (χ1) is 12.9. The third kappa shape index (κ3) is 4.33. The summed E-state index contributed by atoms with van der Waals surface area (Å²) in [5.74, 6) is -0.149. The Morgan fingerprint density at radius 2 is 1.93 bits per heavy atom. The number of hydrogen-bond acceptors (Lipinski definition) is 4. The molecule has 0 radical (unpaired) electrons. The molecule has 2 N–H and O–H groups in total. The van der Waals surface area contributed by atoms with Crippen LogP contribution in [0.1, 0.15) is 50.6 Å². The Kier molecular flexibility index (Phi) is 6.17. The van der Waals surface area contributed by atoms with Crippen LogP contribution in [-0.4, -0.2) is 53.7 Å². The topological polar surface area (TPSA) is 78.9 Å². The van der Waals surface area contributed by atoms with E-state index in [0.29, 0.717) is 13.0 Å². The molecule has 3 atom stereocenters. The molecule has 0 unspecified atom stereocenters. The van der Waals surface area contributed by atoms with Crippen LogP contribution in [0.5, 0.6) is 0 Å². The molecule has 2 amide bonds. The summed E-state index contributed by atoms with van der Waals surface area (Å²) in [6.07, 6.45) is 4.33. The molecule has 27 heavy (non-hydrogen) atoms. The van der Waals surface area contributed by atoms with E-state index in [1.807, 2.05) is 30.3 Å². The number of carbonyl (C=O) groups is 2. The summed E-state index contributed by atoms with van der Waals surface area (Å²) in [5.41, 5.74) is -0.197. The van der Waals surface area contributed by atoms with Gasteiger partial charge < -0.3 is 20.1 Å². The van der Waals surface area contributed by atoms with Crippen molar-refractivity contribution in [2.24, 2.45) is 5.92 Å². The van der Waals surface area contributed by atoms with E-state index in [9.17, 15) is 14.7 Å². The van der Waals surface area contributed by atoms with Crippen molar-refractivity contribution < 1.29 is 19.4 Å². The molecule has 2 fully saturated rings. The maximum atomic E-state index is 12.8. The highest BCUT2D eigenvalue weighted by Crippen LogP contribution is 2.38. The van der Waals surface area contributed by atoms with Gasteiger partial charge in [0.25, 0.3) is 0 Å². The number of amides is 2. The van der Waals surface area contributed by atoms with Crippen LogP contribution >= 0.6 is 0 Å². The molecule has 1 saturated carbocycles. The number of rotatable bonds is 5. The average Bonchev–Trinajstić information content (AvgIpc) is 3.18. The lowest BCUT2D eigenvalue weighted by Gasteiger charge is -2.49.